The molecule has 0 aromatic heterocycles. The standard InChI is InChI=1S/C13H17NO3/c1-10(15)8-14(2)6-5-11-3-4-12-13(7-11)17-9-16-12/h3-4,7H,5-6,8-9H2,1-2H3. The fraction of sp³-hybridized carbons (Fsp3) is 0.462. The maximum Gasteiger partial charge on any atom is 0.231 e. The van der Waals surface area contributed by atoms with Gasteiger partial charge in [0.15, 0.2) is 11.5 Å². The van der Waals surface area contributed by atoms with Crippen molar-refractivity contribution in [1.82, 2.24) is 4.90 Å². The Hall–Kier alpha value is -1.55. The highest BCUT2D eigenvalue weighted by atomic mass is 16.7. The minimum absolute atomic E-state index is 0.193. The van der Waals surface area contributed by atoms with Crippen LogP contribution in [0.5, 0.6) is 11.5 Å². The van der Waals surface area contributed by atoms with Crippen molar-refractivity contribution in [2.45, 2.75) is 13.3 Å². The van der Waals surface area contributed by atoms with Gasteiger partial charge in [-0.2, -0.15) is 0 Å². The lowest BCUT2D eigenvalue weighted by atomic mass is 10.1. The Morgan fingerprint density at radius 2 is 2.12 bits per heavy atom. The lowest BCUT2D eigenvalue weighted by Gasteiger charge is -2.14. The molecule has 0 atom stereocenters. The predicted octanol–water partition coefficient (Wildman–Crippen LogP) is 1.48. The number of hydrogen-bond donors (Lipinski definition) is 0. The molecule has 0 radical (unpaired) electrons. The highest BCUT2D eigenvalue weighted by Crippen LogP contribution is 2.32. The Morgan fingerprint density at radius 1 is 1.35 bits per heavy atom. The molecule has 1 aromatic carbocycles. The highest BCUT2D eigenvalue weighted by molar-refractivity contribution is 5.77. The average Bonchev–Trinajstić information content (AvgIpc) is 2.72. The topological polar surface area (TPSA) is 38.8 Å². The minimum atomic E-state index is 0.193. The molecule has 2 rings (SSSR count). The van der Waals surface area contributed by atoms with Gasteiger partial charge in [0, 0.05) is 6.54 Å². The molecule has 0 unspecified atom stereocenters. The van der Waals surface area contributed by atoms with E-state index in [4.69, 9.17) is 9.47 Å². The SMILES string of the molecule is CC(=O)CN(C)CCc1ccc2c(c1)OCO2. The van der Waals surface area contributed by atoms with E-state index in [1.807, 2.05) is 30.1 Å². The Morgan fingerprint density at radius 3 is 2.88 bits per heavy atom. The van der Waals surface area contributed by atoms with E-state index in [9.17, 15) is 4.79 Å². The number of ether oxygens (including phenoxy) is 2. The summed E-state index contributed by atoms with van der Waals surface area (Å²) >= 11 is 0. The van der Waals surface area contributed by atoms with Crippen molar-refractivity contribution >= 4 is 5.78 Å². The molecule has 1 aliphatic heterocycles. The van der Waals surface area contributed by atoms with Crippen molar-refractivity contribution in [3.63, 3.8) is 0 Å². The van der Waals surface area contributed by atoms with E-state index in [0.717, 1.165) is 24.5 Å². The molecule has 0 saturated carbocycles. The Kier molecular flexibility index (Phi) is 3.64. The van der Waals surface area contributed by atoms with Gasteiger partial charge in [0.25, 0.3) is 0 Å². The largest absolute Gasteiger partial charge is 0.454 e. The molecule has 92 valence electrons. The molecule has 4 nitrogen and oxygen atoms in total. The normalized spacial score (nSPS) is 13.1. The third kappa shape index (κ3) is 3.20. The molecule has 0 fully saturated rings. The molecule has 1 aromatic rings. The summed E-state index contributed by atoms with van der Waals surface area (Å²) < 4.78 is 10.6. The van der Waals surface area contributed by atoms with Gasteiger partial charge in [0.05, 0.1) is 6.54 Å². The first kappa shape index (κ1) is 11.9. The van der Waals surface area contributed by atoms with Gasteiger partial charge in [-0.3, -0.25) is 9.69 Å². The Labute approximate surface area is 101 Å². The summed E-state index contributed by atoms with van der Waals surface area (Å²) in [5, 5.41) is 0. The fourth-order valence-corrected chi connectivity index (χ4v) is 1.88. The number of likely N-dealkylation sites (N-methyl/N-ethyl adjacent to an activating group) is 1. The van der Waals surface area contributed by atoms with Gasteiger partial charge in [-0.1, -0.05) is 6.07 Å². The van der Waals surface area contributed by atoms with Crippen LogP contribution in [-0.2, 0) is 11.2 Å². The van der Waals surface area contributed by atoms with Crippen LogP contribution in [0.1, 0.15) is 12.5 Å². The van der Waals surface area contributed by atoms with Crippen LogP contribution < -0.4 is 9.47 Å². The Balaban J connectivity index is 1.89. The van der Waals surface area contributed by atoms with Gasteiger partial charge in [0.2, 0.25) is 6.79 Å². The van der Waals surface area contributed by atoms with Crippen LogP contribution in [0.3, 0.4) is 0 Å². The molecule has 17 heavy (non-hydrogen) atoms. The second-order valence-corrected chi connectivity index (χ2v) is 4.38. The van der Waals surface area contributed by atoms with Gasteiger partial charge >= 0.3 is 0 Å². The second kappa shape index (κ2) is 5.19. The van der Waals surface area contributed by atoms with Crippen LogP contribution in [0.2, 0.25) is 0 Å². The van der Waals surface area contributed by atoms with E-state index in [1.54, 1.807) is 6.92 Å². The predicted molar refractivity (Wildman–Crippen MR) is 64.4 cm³/mol. The molecule has 0 N–H and O–H groups in total. The van der Waals surface area contributed by atoms with Crippen molar-refractivity contribution in [2.75, 3.05) is 26.9 Å². The van der Waals surface area contributed by atoms with Gasteiger partial charge in [0.1, 0.15) is 5.78 Å². The molecule has 0 bridgehead atoms. The number of ketones is 1. The summed E-state index contributed by atoms with van der Waals surface area (Å²) in [6.07, 6.45) is 0.903. The molecule has 0 saturated heterocycles. The van der Waals surface area contributed by atoms with Crippen molar-refractivity contribution in [3.05, 3.63) is 23.8 Å². The van der Waals surface area contributed by atoms with Crippen molar-refractivity contribution in [1.29, 1.82) is 0 Å². The number of rotatable bonds is 5. The fourth-order valence-electron chi connectivity index (χ4n) is 1.88. The summed E-state index contributed by atoms with van der Waals surface area (Å²) in [6, 6.07) is 5.97. The number of hydrogen-bond acceptors (Lipinski definition) is 4. The van der Waals surface area contributed by atoms with E-state index >= 15 is 0 Å². The first-order valence-corrected chi connectivity index (χ1v) is 5.71. The van der Waals surface area contributed by atoms with E-state index in [1.165, 1.54) is 5.56 Å². The maximum absolute atomic E-state index is 10.9. The third-order valence-corrected chi connectivity index (χ3v) is 2.71. The summed E-state index contributed by atoms with van der Waals surface area (Å²) in [5.41, 5.74) is 1.20. The zero-order valence-corrected chi connectivity index (χ0v) is 10.2. The van der Waals surface area contributed by atoms with E-state index in [2.05, 4.69) is 0 Å². The molecule has 0 spiro atoms. The van der Waals surface area contributed by atoms with Crippen LogP contribution in [0.4, 0.5) is 0 Å². The molecule has 4 heteroatoms. The molecular formula is C13H17NO3. The van der Waals surface area contributed by atoms with Crippen molar-refractivity contribution in [2.24, 2.45) is 0 Å². The van der Waals surface area contributed by atoms with Crippen LogP contribution in [-0.4, -0.2) is 37.6 Å². The second-order valence-electron chi connectivity index (χ2n) is 4.38. The van der Waals surface area contributed by atoms with E-state index < -0.39 is 0 Å². The summed E-state index contributed by atoms with van der Waals surface area (Å²) in [7, 11) is 1.95. The maximum atomic E-state index is 10.9. The van der Waals surface area contributed by atoms with Crippen LogP contribution in [0.15, 0.2) is 18.2 Å². The van der Waals surface area contributed by atoms with Crippen molar-refractivity contribution < 1.29 is 14.3 Å². The first-order chi connectivity index (χ1) is 8.15. The van der Waals surface area contributed by atoms with Gasteiger partial charge in [-0.25, -0.2) is 0 Å². The number of fused-ring (bicyclic) bond motifs is 1. The number of nitrogens with zero attached hydrogens (tertiary/aromatic N) is 1. The zero-order chi connectivity index (χ0) is 12.3. The molecule has 1 aliphatic rings. The highest BCUT2D eigenvalue weighted by Gasteiger charge is 2.13. The van der Waals surface area contributed by atoms with Gasteiger partial charge < -0.3 is 9.47 Å². The quantitative estimate of drug-likeness (QED) is 0.775. The monoisotopic (exact) mass is 235 g/mol. The average molecular weight is 235 g/mol. The molecular weight excluding hydrogens is 218 g/mol. The molecule has 0 aliphatic carbocycles. The lowest BCUT2D eigenvalue weighted by Crippen LogP contribution is -2.26. The number of carbonyl (C=O) groups is 1. The van der Waals surface area contributed by atoms with E-state index in [0.29, 0.717) is 13.3 Å². The van der Waals surface area contributed by atoms with Crippen LogP contribution in [0, 0.1) is 0 Å². The van der Waals surface area contributed by atoms with Crippen molar-refractivity contribution in [3.8, 4) is 11.5 Å². The first-order valence-electron chi connectivity index (χ1n) is 5.71. The number of carbonyl (C=O) groups excluding carboxylic acids is 1. The van der Waals surface area contributed by atoms with E-state index in [-0.39, 0.29) is 5.78 Å². The number of Topliss-reactive ketones (excluding diaryl/α,β-unsaturated/α-hetero) is 1. The van der Waals surface area contributed by atoms with Gasteiger partial charge in [-0.15, -0.1) is 0 Å². The summed E-state index contributed by atoms with van der Waals surface area (Å²) in [4.78, 5) is 13.0. The summed E-state index contributed by atoms with van der Waals surface area (Å²) in [5.74, 6) is 1.82. The zero-order valence-electron chi connectivity index (χ0n) is 10.2. The molecule has 0 amide bonds. The third-order valence-electron chi connectivity index (χ3n) is 2.71. The number of benzene rings is 1. The van der Waals surface area contributed by atoms with Crippen LogP contribution in [0.25, 0.3) is 0 Å². The Bertz CT molecular complexity index is 417. The summed E-state index contributed by atoms with van der Waals surface area (Å²) in [6.45, 7) is 3.28. The minimum Gasteiger partial charge on any atom is -0.454 e. The smallest absolute Gasteiger partial charge is 0.231 e. The lowest BCUT2D eigenvalue weighted by molar-refractivity contribution is -0.117. The van der Waals surface area contributed by atoms with Gasteiger partial charge in [-0.05, 0) is 38.1 Å². The van der Waals surface area contributed by atoms with Crippen LogP contribution >= 0.6 is 0 Å². The molecule has 1 heterocycles.